The van der Waals surface area contributed by atoms with Crippen LogP contribution in [0.1, 0.15) is 56.8 Å². The molecule has 0 saturated heterocycles. The lowest BCUT2D eigenvalue weighted by Crippen LogP contribution is -2.22. The van der Waals surface area contributed by atoms with Gasteiger partial charge >= 0.3 is 0 Å². The third-order valence-corrected chi connectivity index (χ3v) is 4.98. The van der Waals surface area contributed by atoms with Gasteiger partial charge in [-0.3, -0.25) is 4.79 Å². The summed E-state index contributed by atoms with van der Waals surface area (Å²) in [6.07, 6.45) is 4.74. The molecule has 0 aliphatic heterocycles. The van der Waals surface area contributed by atoms with E-state index in [1.54, 1.807) is 12.1 Å². The largest absolute Gasteiger partial charge is 0.490 e. The molecule has 0 spiro atoms. The molecule has 1 aromatic rings. The molecule has 1 aromatic carbocycles. The number of hydrazone groups is 1. The van der Waals surface area contributed by atoms with Gasteiger partial charge < -0.3 is 14.2 Å². The lowest BCUT2D eigenvalue weighted by atomic mass is 9.99. The van der Waals surface area contributed by atoms with Crippen LogP contribution in [0.3, 0.4) is 0 Å². The summed E-state index contributed by atoms with van der Waals surface area (Å²) in [6, 6.07) is 3.38. The molecular weight excluding hydrogens is 332 g/mol. The van der Waals surface area contributed by atoms with Gasteiger partial charge in [-0.05, 0) is 70.4 Å². The van der Waals surface area contributed by atoms with Crippen molar-refractivity contribution >= 4 is 11.6 Å². The Morgan fingerprint density at radius 2 is 1.73 bits per heavy atom. The van der Waals surface area contributed by atoms with Gasteiger partial charge in [-0.15, -0.1) is 0 Å². The summed E-state index contributed by atoms with van der Waals surface area (Å²) in [5.41, 5.74) is 4.30. The van der Waals surface area contributed by atoms with Crippen LogP contribution in [0.2, 0.25) is 0 Å². The van der Waals surface area contributed by atoms with E-state index in [2.05, 4.69) is 10.5 Å². The molecule has 0 heterocycles. The molecule has 142 valence electrons. The maximum absolute atomic E-state index is 12.6. The molecule has 2 saturated carbocycles. The molecule has 2 atom stereocenters. The molecule has 6 nitrogen and oxygen atoms in total. The van der Waals surface area contributed by atoms with Crippen LogP contribution < -0.4 is 19.6 Å². The number of carbonyl (C=O) groups is 1. The highest BCUT2D eigenvalue weighted by Crippen LogP contribution is 2.42. The Balaban J connectivity index is 1.81. The Morgan fingerprint density at radius 3 is 2.23 bits per heavy atom. The minimum Gasteiger partial charge on any atom is -0.490 e. The normalized spacial score (nSPS) is 22.5. The maximum Gasteiger partial charge on any atom is 0.271 e. The van der Waals surface area contributed by atoms with Gasteiger partial charge in [-0.25, -0.2) is 5.43 Å². The highest BCUT2D eigenvalue weighted by Gasteiger charge is 2.36. The first kappa shape index (κ1) is 18.5. The fraction of sp³-hybridized carbons (Fsp3) is 0.600. The van der Waals surface area contributed by atoms with Crippen molar-refractivity contribution in [3.63, 3.8) is 0 Å². The van der Waals surface area contributed by atoms with E-state index in [0.29, 0.717) is 48.6 Å². The molecule has 0 aromatic heterocycles. The Labute approximate surface area is 154 Å². The van der Waals surface area contributed by atoms with E-state index in [-0.39, 0.29) is 5.91 Å². The van der Waals surface area contributed by atoms with Gasteiger partial charge in [0.25, 0.3) is 5.91 Å². The monoisotopic (exact) mass is 360 g/mol. The van der Waals surface area contributed by atoms with E-state index in [0.717, 1.165) is 18.1 Å². The van der Waals surface area contributed by atoms with Crippen molar-refractivity contribution in [2.24, 2.45) is 16.9 Å². The second kappa shape index (κ2) is 8.43. The SMILES string of the molecule is CCOc1cc(C(=O)NN=C2CC3CCC2C3)cc(OCC)c1OCC. The summed E-state index contributed by atoms with van der Waals surface area (Å²) < 4.78 is 17.0. The van der Waals surface area contributed by atoms with E-state index >= 15 is 0 Å². The third kappa shape index (κ3) is 3.94. The predicted octanol–water partition coefficient (Wildman–Crippen LogP) is 3.79. The molecule has 2 fully saturated rings. The van der Waals surface area contributed by atoms with Crippen molar-refractivity contribution in [1.29, 1.82) is 0 Å². The molecule has 1 N–H and O–H groups in total. The van der Waals surface area contributed by atoms with Crippen LogP contribution in [0.15, 0.2) is 17.2 Å². The predicted molar refractivity (Wildman–Crippen MR) is 100 cm³/mol. The number of nitrogens with one attached hydrogen (secondary N) is 1. The zero-order valence-corrected chi connectivity index (χ0v) is 15.8. The summed E-state index contributed by atoms with van der Waals surface area (Å²) in [4.78, 5) is 12.6. The number of rotatable bonds is 8. The van der Waals surface area contributed by atoms with Gasteiger partial charge in [0.2, 0.25) is 5.75 Å². The van der Waals surface area contributed by atoms with Crippen LogP contribution in [0.4, 0.5) is 0 Å². The van der Waals surface area contributed by atoms with Gasteiger partial charge in [-0.1, -0.05) is 0 Å². The van der Waals surface area contributed by atoms with Gasteiger partial charge in [0.15, 0.2) is 11.5 Å². The standard InChI is InChI=1S/C20H28N2O4/c1-4-24-17-11-15(12-18(25-5-2)19(17)26-6-3)20(23)22-21-16-10-13-7-8-14(16)9-13/h11-14H,4-10H2,1-3H3,(H,22,23). The number of ether oxygens (including phenoxy) is 3. The number of carbonyl (C=O) groups excluding carboxylic acids is 1. The van der Waals surface area contributed by atoms with Crippen molar-refractivity contribution in [3.05, 3.63) is 17.7 Å². The zero-order valence-electron chi connectivity index (χ0n) is 15.8. The Bertz CT molecular complexity index is 659. The lowest BCUT2D eigenvalue weighted by molar-refractivity contribution is 0.0953. The Kier molecular flexibility index (Phi) is 6.01. The fourth-order valence-corrected chi connectivity index (χ4v) is 3.87. The van der Waals surface area contributed by atoms with Crippen LogP contribution in [0.5, 0.6) is 17.2 Å². The molecule has 0 radical (unpaired) electrons. The van der Waals surface area contributed by atoms with Crippen molar-refractivity contribution in [3.8, 4) is 17.2 Å². The summed E-state index contributed by atoms with van der Waals surface area (Å²) in [6.45, 7) is 7.12. The van der Waals surface area contributed by atoms with E-state index in [4.69, 9.17) is 14.2 Å². The average molecular weight is 360 g/mol. The number of hydrogen-bond donors (Lipinski definition) is 1. The molecule has 3 rings (SSSR count). The highest BCUT2D eigenvalue weighted by atomic mass is 16.5. The Hall–Kier alpha value is -2.24. The van der Waals surface area contributed by atoms with E-state index in [9.17, 15) is 4.79 Å². The molecule has 6 heteroatoms. The molecule has 1 amide bonds. The van der Waals surface area contributed by atoms with Gasteiger partial charge in [-0.2, -0.15) is 5.10 Å². The number of nitrogens with zero attached hydrogens (tertiary/aromatic N) is 1. The number of amides is 1. The first-order chi connectivity index (χ1) is 12.7. The minimum atomic E-state index is -0.259. The van der Waals surface area contributed by atoms with Crippen LogP contribution in [0, 0.1) is 11.8 Å². The Morgan fingerprint density at radius 1 is 1.08 bits per heavy atom. The number of hydrogen-bond acceptors (Lipinski definition) is 5. The smallest absolute Gasteiger partial charge is 0.271 e. The molecule has 2 aliphatic rings. The third-order valence-electron chi connectivity index (χ3n) is 4.98. The second-order valence-electron chi connectivity index (χ2n) is 6.72. The molecule has 26 heavy (non-hydrogen) atoms. The van der Waals surface area contributed by atoms with Gasteiger partial charge in [0.1, 0.15) is 0 Å². The van der Waals surface area contributed by atoms with Crippen LogP contribution in [-0.4, -0.2) is 31.4 Å². The zero-order chi connectivity index (χ0) is 18.5. The van der Waals surface area contributed by atoms with Gasteiger partial charge in [0.05, 0.1) is 19.8 Å². The highest BCUT2D eigenvalue weighted by molar-refractivity contribution is 5.97. The van der Waals surface area contributed by atoms with E-state index < -0.39 is 0 Å². The van der Waals surface area contributed by atoms with E-state index in [1.165, 1.54) is 19.3 Å². The van der Waals surface area contributed by atoms with Crippen molar-refractivity contribution in [2.75, 3.05) is 19.8 Å². The van der Waals surface area contributed by atoms with Crippen molar-refractivity contribution in [2.45, 2.75) is 46.5 Å². The summed E-state index contributed by atoms with van der Waals surface area (Å²) in [5, 5.41) is 4.40. The first-order valence-corrected chi connectivity index (χ1v) is 9.59. The van der Waals surface area contributed by atoms with Crippen molar-refractivity contribution in [1.82, 2.24) is 5.43 Å². The molecule has 2 bridgehead atoms. The van der Waals surface area contributed by atoms with Crippen LogP contribution >= 0.6 is 0 Å². The summed E-state index contributed by atoms with van der Waals surface area (Å²) in [5.74, 6) is 2.61. The van der Waals surface area contributed by atoms with Crippen LogP contribution in [-0.2, 0) is 0 Å². The van der Waals surface area contributed by atoms with Crippen LogP contribution in [0.25, 0.3) is 0 Å². The molecule has 2 unspecified atom stereocenters. The number of fused-ring (bicyclic) bond motifs is 2. The minimum absolute atomic E-state index is 0.259. The molecular formula is C20H28N2O4. The quantitative estimate of drug-likeness (QED) is 0.716. The lowest BCUT2D eigenvalue weighted by Gasteiger charge is -2.17. The summed E-state index contributed by atoms with van der Waals surface area (Å²) in [7, 11) is 0. The summed E-state index contributed by atoms with van der Waals surface area (Å²) >= 11 is 0. The molecule has 2 aliphatic carbocycles. The average Bonchev–Trinajstić information content (AvgIpc) is 3.25. The topological polar surface area (TPSA) is 69.2 Å². The van der Waals surface area contributed by atoms with Crippen molar-refractivity contribution < 1.29 is 19.0 Å². The second-order valence-corrected chi connectivity index (χ2v) is 6.72. The van der Waals surface area contributed by atoms with Gasteiger partial charge in [0, 0.05) is 11.3 Å². The fourth-order valence-electron chi connectivity index (χ4n) is 3.87. The first-order valence-electron chi connectivity index (χ1n) is 9.59. The van der Waals surface area contributed by atoms with E-state index in [1.807, 2.05) is 20.8 Å². The maximum atomic E-state index is 12.6. The number of benzene rings is 1.